The number of carbonyl (C=O) groups excluding carboxylic acids is 1. The van der Waals surface area contributed by atoms with Crippen LogP contribution in [0.4, 0.5) is 0 Å². The Morgan fingerprint density at radius 1 is 0.900 bits per heavy atom. The molecule has 0 fully saturated rings. The minimum atomic E-state index is -0.283. The average Bonchev–Trinajstić information content (AvgIpc) is 2.45. The lowest BCUT2D eigenvalue weighted by Gasteiger charge is -2.30. The van der Waals surface area contributed by atoms with E-state index in [0.717, 1.165) is 5.56 Å². The van der Waals surface area contributed by atoms with Crippen molar-refractivity contribution in [3.05, 3.63) is 71.8 Å². The van der Waals surface area contributed by atoms with E-state index < -0.39 is 0 Å². The molecule has 1 unspecified atom stereocenters. The average molecular weight is 268 g/mol. The summed E-state index contributed by atoms with van der Waals surface area (Å²) in [7, 11) is 0. The fourth-order valence-electron chi connectivity index (χ4n) is 2.12. The highest BCUT2D eigenvalue weighted by Crippen LogP contribution is 2.36. The third kappa shape index (κ3) is 3.47. The maximum atomic E-state index is 12.3. The van der Waals surface area contributed by atoms with Gasteiger partial charge in [0.25, 0.3) is 0 Å². The lowest BCUT2D eigenvalue weighted by atomic mass is 9.84. The molecule has 1 atom stereocenters. The van der Waals surface area contributed by atoms with Crippen LogP contribution in [0.25, 0.3) is 0 Å². The van der Waals surface area contributed by atoms with Gasteiger partial charge in [-0.25, -0.2) is 4.79 Å². The lowest BCUT2D eigenvalue weighted by molar-refractivity contribution is -0.00394. The zero-order chi connectivity index (χ0) is 14.6. The lowest BCUT2D eigenvalue weighted by Crippen LogP contribution is -2.24. The second kappa shape index (κ2) is 5.91. The first-order chi connectivity index (χ1) is 9.48. The van der Waals surface area contributed by atoms with Gasteiger partial charge in [-0.1, -0.05) is 69.3 Å². The third-order valence-electron chi connectivity index (χ3n) is 3.12. The van der Waals surface area contributed by atoms with Gasteiger partial charge in [0, 0.05) is 5.41 Å². The fraction of sp³-hybridized carbons (Fsp3) is 0.278. The van der Waals surface area contributed by atoms with E-state index >= 15 is 0 Å². The molecule has 0 N–H and O–H groups in total. The summed E-state index contributed by atoms with van der Waals surface area (Å²) in [6.45, 7) is 6.22. The molecule has 0 aliphatic heterocycles. The van der Waals surface area contributed by atoms with Crippen molar-refractivity contribution in [3.8, 4) is 0 Å². The molecule has 0 aliphatic carbocycles. The van der Waals surface area contributed by atoms with Crippen LogP contribution >= 0.6 is 0 Å². The first-order valence-electron chi connectivity index (χ1n) is 6.79. The monoisotopic (exact) mass is 268 g/mol. The van der Waals surface area contributed by atoms with Crippen molar-refractivity contribution in [3.63, 3.8) is 0 Å². The summed E-state index contributed by atoms with van der Waals surface area (Å²) in [6.07, 6.45) is -0.267. The summed E-state index contributed by atoms with van der Waals surface area (Å²) in [5, 5.41) is 0. The fourth-order valence-corrected chi connectivity index (χ4v) is 2.12. The van der Waals surface area contributed by atoms with E-state index in [-0.39, 0.29) is 17.5 Å². The highest BCUT2D eigenvalue weighted by atomic mass is 16.5. The molecule has 2 aromatic carbocycles. The molecule has 0 aliphatic rings. The number of hydrogen-bond donors (Lipinski definition) is 0. The molecule has 2 rings (SSSR count). The van der Waals surface area contributed by atoms with Gasteiger partial charge in [0.15, 0.2) is 0 Å². The van der Waals surface area contributed by atoms with Gasteiger partial charge >= 0.3 is 5.97 Å². The predicted octanol–water partition coefficient (Wildman–Crippen LogP) is 4.63. The van der Waals surface area contributed by atoms with Crippen LogP contribution in [0.15, 0.2) is 60.7 Å². The Labute approximate surface area is 120 Å². The van der Waals surface area contributed by atoms with Crippen LogP contribution in [0.5, 0.6) is 0 Å². The van der Waals surface area contributed by atoms with Crippen molar-refractivity contribution >= 4 is 5.97 Å². The van der Waals surface area contributed by atoms with E-state index in [9.17, 15) is 4.79 Å². The first kappa shape index (κ1) is 14.3. The SMILES string of the molecule is CC(C)(C)C(OC(=O)c1ccccc1)c1ccccc1. The van der Waals surface area contributed by atoms with E-state index in [0.29, 0.717) is 5.56 Å². The Balaban J connectivity index is 2.24. The van der Waals surface area contributed by atoms with Gasteiger partial charge in [-0.15, -0.1) is 0 Å². The van der Waals surface area contributed by atoms with Crippen molar-refractivity contribution < 1.29 is 9.53 Å². The molecule has 0 spiro atoms. The van der Waals surface area contributed by atoms with Crippen molar-refractivity contribution in [2.45, 2.75) is 26.9 Å². The molecule has 0 amide bonds. The number of benzene rings is 2. The van der Waals surface area contributed by atoms with Crippen molar-refractivity contribution in [1.29, 1.82) is 0 Å². The van der Waals surface area contributed by atoms with Gasteiger partial charge in [-0.2, -0.15) is 0 Å². The standard InChI is InChI=1S/C18H20O2/c1-18(2,3)16(14-10-6-4-7-11-14)20-17(19)15-12-8-5-9-13-15/h4-13,16H,1-3H3. The third-order valence-corrected chi connectivity index (χ3v) is 3.12. The van der Waals surface area contributed by atoms with Gasteiger partial charge < -0.3 is 4.74 Å². The minimum absolute atomic E-state index is 0.161. The number of ether oxygens (including phenoxy) is 1. The molecular weight excluding hydrogens is 248 g/mol. The zero-order valence-corrected chi connectivity index (χ0v) is 12.2. The molecule has 20 heavy (non-hydrogen) atoms. The highest BCUT2D eigenvalue weighted by molar-refractivity contribution is 5.89. The minimum Gasteiger partial charge on any atom is -0.453 e. The van der Waals surface area contributed by atoms with Crippen LogP contribution in [0.3, 0.4) is 0 Å². The molecule has 0 saturated heterocycles. The number of rotatable bonds is 3. The van der Waals surface area contributed by atoms with Crippen LogP contribution in [-0.2, 0) is 4.74 Å². The molecule has 0 heterocycles. The van der Waals surface area contributed by atoms with E-state index in [1.54, 1.807) is 12.1 Å². The molecule has 0 aromatic heterocycles. The Morgan fingerprint density at radius 3 is 1.90 bits per heavy atom. The summed E-state index contributed by atoms with van der Waals surface area (Å²) in [4.78, 5) is 12.3. The van der Waals surface area contributed by atoms with Crippen molar-refractivity contribution in [2.75, 3.05) is 0 Å². The van der Waals surface area contributed by atoms with Crippen LogP contribution < -0.4 is 0 Å². The first-order valence-corrected chi connectivity index (χ1v) is 6.79. The van der Waals surface area contributed by atoms with Crippen molar-refractivity contribution in [1.82, 2.24) is 0 Å². The summed E-state index contributed by atoms with van der Waals surface area (Å²) < 4.78 is 5.75. The maximum Gasteiger partial charge on any atom is 0.338 e. The summed E-state index contributed by atoms with van der Waals surface area (Å²) in [5.41, 5.74) is 1.44. The predicted molar refractivity (Wildman–Crippen MR) is 80.5 cm³/mol. The van der Waals surface area contributed by atoms with Crippen LogP contribution in [0.1, 0.15) is 42.8 Å². The molecule has 2 aromatic rings. The molecule has 0 saturated carbocycles. The molecule has 0 radical (unpaired) electrons. The Kier molecular flexibility index (Phi) is 4.23. The van der Waals surface area contributed by atoms with Gasteiger partial charge in [-0.3, -0.25) is 0 Å². The quantitative estimate of drug-likeness (QED) is 0.758. The summed E-state index contributed by atoms with van der Waals surface area (Å²) in [6, 6.07) is 19.0. The van der Waals surface area contributed by atoms with Crippen LogP contribution in [0, 0.1) is 5.41 Å². The largest absolute Gasteiger partial charge is 0.453 e. The molecule has 0 bridgehead atoms. The van der Waals surface area contributed by atoms with Crippen LogP contribution in [-0.4, -0.2) is 5.97 Å². The molecule has 2 heteroatoms. The van der Waals surface area contributed by atoms with E-state index in [1.807, 2.05) is 48.5 Å². The smallest absolute Gasteiger partial charge is 0.338 e. The Morgan fingerprint density at radius 2 is 1.40 bits per heavy atom. The second-order valence-corrected chi connectivity index (χ2v) is 5.93. The number of carbonyl (C=O) groups is 1. The summed E-state index contributed by atoms with van der Waals surface area (Å²) in [5.74, 6) is -0.283. The number of esters is 1. The normalized spacial score (nSPS) is 12.8. The van der Waals surface area contributed by atoms with Crippen LogP contribution in [0.2, 0.25) is 0 Å². The number of hydrogen-bond acceptors (Lipinski definition) is 2. The molecular formula is C18H20O2. The molecule has 2 nitrogen and oxygen atoms in total. The Hall–Kier alpha value is -2.09. The van der Waals surface area contributed by atoms with Gasteiger partial charge in [0.2, 0.25) is 0 Å². The van der Waals surface area contributed by atoms with Gasteiger partial charge in [0.1, 0.15) is 6.10 Å². The zero-order valence-electron chi connectivity index (χ0n) is 12.2. The second-order valence-electron chi connectivity index (χ2n) is 5.93. The maximum absolute atomic E-state index is 12.3. The summed E-state index contributed by atoms with van der Waals surface area (Å²) >= 11 is 0. The molecule has 104 valence electrons. The topological polar surface area (TPSA) is 26.3 Å². The van der Waals surface area contributed by atoms with Crippen molar-refractivity contribution in [2.24, 2.45) is 5.41 Å². The van der Waals surface area contributed by atoms with E-state index in [1.165, 1.54) is 0 Å². The van der Waals surface area contributed by atoms with Gasteiger partial charge in [-0.05, 0) is 17.7 Å². The van der Waals surface area contributed by atoms with E-state index in [2.05, 4.69) is 20.8 Å². The van der Waals surface area contributed by atoms with Gasteiger partial charge in [0.05, 0.1) is 5.56 Å². The van der Waals surface area contributed by atoms with E-state index in [4.69, 9.17) is 4.74 Å². The Bertz CT molecular complexity index is 553. The highest BCUT2D eigenvalue weighted by Gasteiger charge is 2.30.